The van der Waals surface area contributed by atoms with Crippen molar-refractivity contribution in [3.8, 4) is 11.8 Å². The first-order valence-electron chi connectivity index (χ1n) is 6.13. The van der Waals surface area contributed by atoms with Crippen LogP contribution >= 0.6 is 0 Å². The van der Waals surface area contributed by atoms with Crippen LogP contribution in [0.2, 0.25) is 0 Å². The lowest BCUT2D eigenvalue weighted by molar-refractivity contribution is 0.168. The minimum atomic E-state index is -0.304. The summed E-state index contributed by atoms with van der Waals surface area (Å²) in [7, 11) is 1.56. The molecule has 1 fully saturated rings. The van der Waals surface area contributed by atoms with Gasteiger partial charge in [-0.05, 0) is 32.4 Å². The molecule has 0 saturated carbocycles. The van der Waals surface area contributed by atoms with Gasteiger partial charge in [-0.2, -0.15) is 5.26 Å². The Morgan fingerprint density at radius 3 is 2.67 bits per heavy atom. The lowest BCUT2D eigenvalue weighted by Crippen LogP contribution is -2.35. The molecule has 0 spiro atoms. The Morgan fingerprint density at radius 1 is 1.44 bits per heavy atom. The van der Waals surface area contributed by atoms with Crippen molar-refractivity contribution in [2.24, 2.45) is 0 Å². The van der Waals surface area contributed by atoms with Crippen molar-refractivity contribution >= 4 is 5.69 Å². The summed E-state index contributed by atoms with van der Waals surface area (Å²) in [5, 5.41) is 18.9. The smallest absolute Gasteiger partial charge is 0.138 e. The molecule has 1 saturated heterocycles. The zero-order valence-electron chi connectivity index (χ0n) is 10.9. The summed E-state index contributed by atoms with van der Waals surface area (Å²) in [6.45, 7) is 4.11. The van der Waals surface area contributed by atoms with Crippen LogP contribution in [0.3, 0.4) is 0 Å². The van der Waals surface area contributed by atoms with Crippen LogP contribution in [0, 0.1) is 11.3 Å². The van der Waals surface area contributed by atoms with E-state index in [4.69, 9.17) is 10.00 Å². The zero-order valence-corrected chi connectivity index (χ0v) is 10.9. The van der Waals surface area contributed by atoms with Crippen molar-refractivity contribution in [3.05, 3.63) is 23.8 Å². The van der Waals surface area contributed by atoms with E-state index in [0.29, 0.717) is 11.3 Å². The average Bonchev–Trinajstić information content (AvgIpc) is 2.62. The van der Waals surface area contributed by atoms with Gasteiger partial charge in [-0.15, -0.1) is 0 Å². The first kappa shape index (κ1) is 12.7. The predicted octanol–water partition coefficient (Wildman–Crippen LogP) is 1.91. The maximum absolute atomic E-state index is 9.90. The fourth-order valence-electron chi connectivity index (χ4n) is 2.67. The Labute approximate surface area is 107 Å². The third-order valence-electron chi connectivity index (χ3n) is 3.66. The van der Waals surface area contributed by atoms with Crippen LogP contribution in [0.15, 0.2) is 18.2 Å². The van der Waals surface area contributed by atoms with Crippen LogP contribution in [0.1, 0.15) is 25.8 Å². The summed E-state index contributed by atoms with van der Waals surface area (Å²) >= 11 is 0. The van der Waals surface area contributed by atoms with Gasteiger partial charge in [0, 0.05) is 17.8 Å². The van der Waals surface area contributed by atoms with Gasteiger partial charge in [0.15, 0.2) is 0 Å². The van der Waals surface area contributed by atoms with E-state index in [9.17, 15) is 5.11 Å². The van der Waals surface area contributed by atoms with E-state index in [0.717, 1.165) is 12.1 Å². The van der Waals surface area contributed by atoms with Gasteiger partial charge in [0.25, 0.3) is 0 Å². The third kappa shape index (κ3) is 2.02. The predicted molar refractivity (Wildman–Crippen MR) is 69.7 cm³/mol. The van der Waals surface area contributed by atoms with E-state index in [-0.39, 0.29) is 18.2 Å². The number of hydrogen-bond donors (Lipinski definition) is 1. The molecule has 1 heterocycles. The number of ether oxygens (including phenoxy) is 1. The monoisotopic (exact) mass is 246 g/mol. The van der Waals surface area contributed by atoms with E-state index in [1.807, 2.05) is 19.1 Å². The number of benzene rings is 1. The second-order valence-electron chi connectivity index (χ2n) is 4.80. The van der Waals surface area contributed by atoms with Gasteiger partial charge in [-0.1, -0.05) is 0 Å². The number of nitriles is 1. The summed E-state index contributed by atoms with van der Waals surface area (Å²) < 4.78 is 5.22. The molecule has 0 aliphatic carbocycles. The summed E-state index contributed by atoms with van der Waals surface area (Å²) in [5.74, 6) is 0.579. The van der Waals surface area contributed by atoms with Crippen LogP contribution in [0.25, 0.3) is 0 Å². The van der Waals surface area contributed by atoms with Gasteiger partial charge in [-0.25, -0.2) is 0 Å². The first-order valence-corrected chi connectivity index (χ1v) is 6.13. The normalized spacial score (nSPS) is 27.1. The topological polar surface area (TPSA) is 56.5 Å². The first-order chi connectivity index (χ1) is 8.58. The van der Waals surface area contributed by atoms with Gasteiger partial charge in [0.1, 0.15) is 11.8 Å². The molecule has 0 amide bonds. The molecule has 4 nitrogen and oxygen atoms in total. The highest BCUT2D eigenvalue weighted by Crippen LogP contribution is 2.33. The van der Waals surface area contributed by atoms with Crippen LogP contribution in [-0.4, -0.2) is 30.4 Å². The molecule has 18 heavy (non-hydrogen) atoms. The quantitative estimate of drug-likeness (QED) is 0.866. The molecule has 1 aliphatic heterocycles. The number of methoxy groups -OCH3 is 1. The minimum absolute atomic E-state index is 0.0811. The van der Waals surface area contributed by atoms with Crippen molar-refractivity contribution in [1.29, 1.82) is 5.26 Å². The number of hydrogen-bond acceptors (Lipinski definition) is 4. The summed E-state index contributed by atoms with van der Waals surface area (Å²) in [6.07, 6.45) is 0.463. The van der Waals surface area contributed by atoms with E-state index >= 15 is 0 Å². The number of aliphatic hydroxyl groups is 1. The second kappa shape index (κ2) is 4.87. The fourth-order valence-corrected chi connectivity index (χ4v) is 2.67. The molecule has 96 valence electrons. The molecular weight excluding hydrogens is 228 g/mol. The molecule has 1 aromatic rings. The van der Waals surface area contributed by atoms with Gasteiger partial charge in [0.05, 0.1) is 24.8 Å². The largest absolute Gasteiger partial charge is 0.495 e. The Bertz CT molecular complexity index is 481. The Hall–Kier alpha value is -1.73. The molecule has 2 rings (SSSR count). The molecule has 4 heteroatoms. The molecule has 1 aromatic carbocycles. The Kier molecular flexibility index (Phi) is 3.44. The SMILES string of the molecule is COc1cc(N2[C@H](C)C[C@H](O)[C@@H]2C)ccc1C#N. The van der Waals surface area contributed by atoms with Crippen LogP contribution in [-0.2, 0) is 0 Å². The van der Waals surface area contributed by atoms with Gasteiger partial charge in [0.2, 0.25) is 0 Å². The Morgan fingerprint density at radius 2 is 2.17 bits per heavy atom. The minimum Gasteiger partial charge on any atom is -0.495 e. The molecule has 0 unspecified atom stereocenters. The van der Waals surface area contributed by atoms with Gasteiger partial charge >= 0.3 is 0 Å². The third-order valence-corrected chi connectivity index (χ3v) is 3.66. The fraction of sp³-hybridized carbons (Fsp3) is 0.500. The summed E-state index contributed by atoms with van der Waals surface area (Å²) in [5.41, 5.74) is 1.52. The molecule has 3 atom stereocenters. The highest BCUT2D eigenvalue weighted by molar-refractivity contribution is 5.58. The van der Waals surface area contributed by atoms with Gasteiger partial charge in [-0.3, -0.25) is 0 Å². The molecule has 1 N–H and O–H groups in total. The maximum Gasteiger partial charge on any atom is 0.138 e. The van der Waals surface area contributed by atoms with Crippen molar-refractivity contribution in [2.75, 3.05) is 12.0 Å². The van der Waals surface area contributed by atoms with Crippen molar-refractivity contribution in [2.45, 2.75) is 38.5 Å². The number of nitrogens with zero attached hydrogens (tertiary/aromatic N) is 2. The summed E-state index contributed by atoms with van der Waals surface area (Å²) in [4.78, 5) is 2.17. The standard InChI is InChI=1S/C14H18N2O2/c1-9-6-13(17)10(2)16(9)12-5-4-11(8-15)14(7-12)18-3/h4-5,7,9-10,13,17H,6H2,1-3H3/t9-,10+,13+/m1/s1. The molecule has 1 aliphatic rings. The van der Waals surface area contributed by atoms with E-state index in [1.165, 1.54) is 0 Å². The van der Waals surface area contributed by atoms with E-state index in [1.54, 1.807) is 13.2 Å². The highest BCUT2D eigenvalue weighted by Gasteiger charge is 2.35. The molecule has 0 aromatic heterocycles. The van der Waals surface area contributed by atoms with Gasteiger partial charge < -0.3 is 14.7 Å². The number of rotatable bonds is 2. The lowest BCUT2D eigenvalue weighted by Gasteiger charge is -2.29. The van der Waals surface area contributed by atoms with Crippen molar-refractivity contribution < 1.29 is 9.84 Å². The molecular formula is C14H18N2O2. The highest BCUT2D eigenvalue weighted by atomic mass is 16.5. The number of anilines is 1. The van der Waals surface area contributed by atoms with E-state index < -0.39 is 0 Å². The van der Waals surface area contributed by atoms with Crippen LogP contribution < -0.4 is 9.64 Å². The van der Waals surface area contributed by atoms with Crippen LogP contribution in [0.4, 0.5) is 5.69 Å². The second-order valence-corrected chi connectivity index (χ2v) is 4.80. The summed E-state index contributed by atoms with van der Waals surface area (Å²) in [6, 6.07) is 8.00. The van der Waals surface area contributed by atoms with Crippen LogP contribution in [0.5, 0.6) is 5.75 Å². The average molecular weight is 246 g/mol. The van der Waals surface area contributed by atoms with Crippen molar-refractivity contribution in [3.63, 3.8) is 0 Å². The lowest BCUT2D eigenvalue weighted by atomic mass is 10.1. The van der Waals surface area contributed by atoms with Crippen molar-refractivity contribution in [1.82, 2.24) is 0 Å². The molecule has 0 radical (unpaired) electrons. The van der Waals surface area contributed by atoms with E-state index in [2.05, 4.69) is 17.9 Å². The Balaban J connectivity index is 2.37. The number of aliphatic hydroxyl groups excluding tert-OH is 1. The maximum atomic E-state index is 9.90. The zero-order chi connectivity index (χ0) is 13.3. The molecule has 0 bridgehead atoms.